The van der Waals surface area contributed by atoms with Gasteiger partial charge in [-0.05, 0) is 30.5 Å². The molecular weight excluding hydrogens is 360 g/mol. The third-order valence-corrected chi connectivity index (χ3v) is 6.25. The molecule has 5 nitrogen and oxygen atoms in total. The lowest BCUT2D eigenvalue weighted by Gasteiger charge is -2.32. The van der Waals surface area contributed by atoms with Gasteiger partial charge in [0.15, 0.2) is 0 Å². The maximum atomic E-state index is 12.8. The first-order valence-corrected chi connectivity index (χ1v) is 9.95. The van der Waals surface area contributed by atoms with Gasteiger partial charge in [-0.15, -0.1) is 11.3 Å². The van der Waals surface area contributed by atoms with Crippen molar-refractivity contribution >= 4 is 27.3 Å². The number of carbonyl (C=O) groups is 1. The van der Waals surface area contributed by atoms with Gasteiger partial charge < -0.3 is 14.2 Å². The van der Waals surface area contributed by atoms with Crippen LogP contribution in [0.3, 0.4) is 0 Å². The lowest BCUT2D eigenvalue weighted by Crippen LogP contribution is -2.41. The van der Waals surface area contributed by atoms with Crippen molar-refractivity contribution in [2.24, 2.45) is 7.05 Å². The molecule has 27 heavy (non-hydrogen) atoms. The van der Waals surface area contributed by atoms with Crippen molar-refractivity contribution in [3.63, 3.8) is 0 Å². The van der Waals surface area contributed by atoms with Crippen molar-refractivity contribution < 1.29 is 9.53 Å². The largest absolute Gasteiger partial charge is 0.490 e. The van der Waals surface area contributed by atoms with Gasteiger partial charge in [-0.3, -0.25) is 9.59 Å². The van der Waals surface area contributed by atoms with E-state index >= 15 is 0 Å². The van der Waals surface area contributed by atoms with Crippen LogP contribution < -0.4 is 10.3 Å². The summed E-state index contributed by atoms with van der Waals surface area (Å²) in [7, 11) is 1.75. The topological polar surface area (TPSA) is 51.5 Å². The molecule has 1 saturated heterocycles. The Kier molecular flexibility index (Phi) is 4.74. The average Bonchev–Trinajstić information content (AvgIpc) is 3.10. The van der Waals surface area contributed by atoms with E-state index in [1.54, 1.807) is 23.0 Å². The third-order valence-electron chi connectivity index (χ3n) is 5.14. The SMILES string of the molecule is Cc1cc(OC2CCN(C(=O)c3cc4ccccc4s3)CC2)cc(=O)n1C. The molecule has 140 valence electrons. The van der Waals surface area contributed by atoms with Crippen LogP contribution in [0.5, 0.6) is 5.75 Å². The molecule has 1 aromatic carbocycles. The number of pyridine rings is 1. The number of ether oxygens (including phenoxy) is 1. The molecule has 0 atom stereocenters. The molecule has 0 aliphatic carbocycles. The predicted molar refractivity (Wildman–Crippen MR) is 108 cm³/mol. The van der Waals surface area contributed by atoms with Crippen molar-refractivity contribution in [2.45, 2.75) is 25.9 Å². The van der Waals surface area contributed by atoms with Crippen molar-refractivity contribution in [3.8, 4) is 5.75 Å². The molecule has 3 aromatic rings. The molecular formula is C21H22N2O3S. The first kappa shape index (κ1) is 17.8. The summed E-state index contributed by atoms with van der Waals surface area (Å²) < 4.78 is 8.74. The monoisotopic (exact) mass is 382 g/mol. The van der Waals surface area contributed by atoms with E-state index in [0.29, 0.717) is 18.8 Å². The van der Waals surface area contributed by atoms with Gasteiger partial charge in [0.05, 0.1) is 4.88 Å². The smallest absolute Gasteiger partial charge is 0.263 e. The van der Waals surface area contributed by atoms with Crippen LogP contribution in [0.1, 0.15) is 28.2 Å². The number of aryl methyl sites for hydroxylation is 1. The predicted octanol–water partition coefficient (Wildman–Crippen LogP) is 3.59. The van der Waals surface area contributed by atoms with E-state index in [-0.39, 0.29) is 17.6 Å². The summed E-state index contributed by atoms with van der Waals surface area (Å²) in [6, 6.07) is 13.5. The zero-order valence-electron chi connectivity index (χ0n) is 15.5. The van der Waals surface area contributed by atoms with Gasteiger partial charge in [-0.2, -0.15) is 0 Å². The van der Waals surface area contributed by atoms with E-state index < -0.39 is 0 Å². The van der Waals surface area contributed by atoms with E-state index in [1.165, 1.54) is 6.07 Å². The molecule has 1 fully saturated rings. The summed E-state index contributed by atoms with van der Waals surface area (Å²) in [6.45, 7) is 3.23. The van der Waals surface area contributed by atoms with Crippen LogP contribution in [-0.4, -0.2) is 34.6 Å². The number of nitrogens with zero attached hydrogens (tertiary/aromatic N) is 2. The van der Waals surface area contributed by atoms with Crippen molar-refractivity contribution in [1.82, 2.24) is 9.47 Å². The Balaban J connectivity index is 1.40. The second-order valence-corrected chi connectivity index (χ2v) is 8.07. The number of likely N-dealkylation sites (tertiary alicyclic amines) is 1. The van der Waals surface area contributed by atoms with Crippen LogP contribution in [-0.2, 0) is 7.05 Å². The van der Waals surface area contributed by atoms with Gasteiger partial charge >= 0.3 is 0 Å². The van der Waals surface area contributed by atoms with E-state index in [0.717, 1.165) is 33.5 Å². The van der Waals surface area contributed by atoms with Gasteiger partial charge in [-0.1, -0.05) is 18.2 Å². The molecule has 0 spiro atoms. The first-order valence-electron chi connectivity index (χ1n) is 9.13. The fourth-order valence-corrected chi connectivity index (χ4v) is 4.45. The fraction of sp³-hybridized carbons (Fsp3) is 0.333. The number of aromatic nitrogens is 1. The number of piperidine rings is 1. The van der Waals surface area contributed by atoms with Gasteiger partial charge in [0.2, 0.25) is 0 Å². The van der Waals surface area contributed by atoms with Crippen molar-refractivity contribution in [2.75, 3.05) is 13.1 Å². The number of hydrogen-bond donors (Lipinski definition) is 0. The second-order valence-electron chi connectivity index (χ2n) is 6.99. The van der Waals surface area contributed by atoms with E-state index in [9.17, 15) is 9.59 Å². The quantitative estimate of drug-likeness (QED) is 0.696. The summed E-state index contributed by atoms with van der Waals surface area (Å²) in [4.78, 5) is 27.4. The summed E-state index contributed by atoms with van der Waals surface area (Å²) in [5.41, 5.74) is 0.803. The number of amides is 1. The minimum absolute atomic E-state index is 0.0305. The highest BCUT2D eigenvalue weighted by molar-refractivity contribution is 7.20. The number of hydrogen-bond acceptors (Lipinski definition) is 4. The number of thiophene rings is 1. The van der Waals surface area contributed by atoms with E-state index in [1.807, 2.05) is 48.2 Å². The molecule has 1 aliphatic rings. The molecule has 2 aromatic heterocycles. The molecule has 0 radical (unpaired) electrons. The Morgan fingerprint density at radius 1 is 1.15 bits per heavy atom. The molecule has 0 N–H and O–H groups in total. The second kappa shape index (κ2) is 7.19. The average molecular weight is 382 g/mol. The zero-order valence-corrected chi connectivity index (χ0v) is 16.3. The maximum Gasteiger partial charge on any atom is 0.263 e. The third kappa shape index (κ3) is 3.62. The molecule has 6 heteroatoms. The summed E-state index contributed by atoms with van der Waals surface area (Å²) >= 11 is 1.55. The Bertz CT molecular complexity index is 1010. The van der Waals surface area contributed by atoms with Crippen LogP contribution in [0, 0.1) is 6.92 Å². The molecule has 1 amide bonds. The first-order chi connectivity index (χ1) is 13.0. The van der Waals surface area contributed by atoms with Crippen LogP contribution in [0.15, 0.2) is 47.3 Å². The molecule has 0 unspecified atom stereocenters. The Morgan fingerprint density at radius 3 is 2.59 bits per heavy atom. The summed E-state index contributed by atoms with van der Waals surface area (Å²) in [5, 5.41) is 1.12. The summed E-state index contributed by atoms with van der Waals surface area (Å²) in [5.74, 6) is 0.712. The van der Waals surface area contributed by atoms with Gasteiger partial charge in [0.25, 0.3) is 11.5 Å². The zero-order chi connectivity index (χ0) is 19.0. The fourth-order valence-electron chi connectivity index (χ4n) is 3.42. The Morgan fingerprint density at radius 2 is 1.89 bits per heavy atom. The highest BCUT2D eigenvalue weighted by Gasteiger charge is 2.26. The number of rotatable bonds is 3. The lowest BCUT2D eigenvalue weighted by atomic mass is 10.1. The Labute approximate surface area is 161 Å². The minimum Gasteiger partial charge on any atom is -0.490 e. The van der Waals surface area contributed by atoms with Crippen molar-refractivity contribution in [1.29, 1.82) is 0 Å². The molecule has 1 aliphatic heterocycles. The Hall–Kier alpha value is -2.60. The lowest BCUT2D eigenvalue weighted by molar-refractivity contribution is 0.0599. The number of benzene rings is 1. The van der Waals surface area contributed by atoms with E-state index in [4.69, 9.17) is 4.74 Å². The highest BCUT2D eigenvalue weighted by Crippen LogP contribution is 2.27. The van der Waals surface area contributed by atoms with Gasteiger partial charge in [0, 0.05) is 49.4 Å². The molecule has 4 rings (SSSR count). The van der Waals surface area contributed by atoms with Gasteiger partial charge in [-0.25, -0.2) is 0 Å². The number of carbonyl (C=O) groups excluding carboxylic acids is 1. The highest BCUT2D eigenvalue weighted by atomic mass is 32.1. The summed E-state index contributed by atoms with van der Waals surface area (Å²) in [6.07, 6.45) is 1.57. The number of fused-ring (bicyclic) bond motifs is 1. The molecule has 0 saturated carbocycles. The van der Waals surface area contributed by atoms with Crippen LogP contribution in [0.25, 0.3) is 10.1 Å². The van der Waals surface area contributed by atoms with Crippen LogP contribution in [0.2, 0.25) is 0 Å². The standard InChI is InChI=1S/C21H22N2O3S/c1-14-11-17(13-20(24)22(14)2)26-16-7-9-23(10-8-16)21(25)19-12-15-5-3-4-6-18(15)27-19/h3-6,11-13,16H,7-10H2,1-2H3. The minimum atomic E-state index is -0.0672. The maximum absolute atomic E-state index is 12.8. The molecule has 0 bridgehead atoms. The molecule has 3 heterocycles. The van der Waals surface area contributed by atoms with Crippen LogP contribution >= 0.6 is 11.3 Å². The van der Waals surface area contributed by atoms with Crippen molar-refractivity contribution in [3.05, 3.63) is 63.4 Å². The van der Waals surface area contributed by atoms with Crippen LogP contribution in [0.4, 0.5) is 0 Å². The normalized spacial score (nSPS) is 15.3. The van der Waals surface area contributed by atoms with Gasteiger partial charge in [0.1, 0.15) is 11.9 Å². The van der Waals surface area contributed by atoms with E-state index in [2.05, 4.69) is 0 Å².